The molecule has 0 spiro atoms. The molecule has 0 bridgehead atoms. The maximum absolute atomic E-state index is 10.3. The molecule has 0 atom stereocenters. The minimum absolute atomic E-state index is 0.0874. The Morgan fingerprint density at radius 1 is 1.27 bits per heavy atom. The van der Waals surface area contributed by atoms with Crippen molar-refractivity contribution in [1.29, 1.82) is 0 Å². The lowest BCUT2D eigenvalue weighted by Gasteiger charge is -1.97. The molecular weight excluding hydrogens is 302 g/mol. The van der Waals surface area contributed by atoms with Crippen LogP contribution in [0.3, 0.4) is 0 Å². The third kappa shape index (κ3) is 2.00. The van der Waals surface area contributed by atoms with Crippen molar-refractivity contribution in [2.75, 3.05) is 0 Å². The summed E-state index contributed by atoms with van der Waals surface area (Å²) in [7, 11) is 0. The Kier molecular flexibility index (Phi) is 3.03. The second kappa shape index (κ2) is 3.64. The van der Waals surface area contributed by atoms with Gasteiger partial charge in [-0.05, 0) is 0 Å². The molecule has 0 unspecified atom stereocenters. The van der Waals surface area contributed by atoms with Gasteiger partial charge in [0.25, 0.3) is 0 Å². The van der Waals surface area contributed by atoms with Gasteiger partial charge < -0.3 is 0 Å². The van der Waals surface area contributed by atoms with Crippen molar-refractivity contribution < 1.29 is 4.79 Å². The second-order valence-corrected chi connectivity index (χ2v) is 3.29. The summed E-state index contributed by atoms with van der Waals surface area (Å²) in [5, 5.41) is 0.175. The van der Waals surface area contributed by atoms with Crippen LogP contribution in [0.5, 0.6) is 0 Å². The first kappa shape index (κ1) is 9.15. The van der Waals surface area contributed by atoms with Crippen molar-refractivity contribution in [3.05, 3.63) is 19.7 Å². The molecule has 0 saturated carbocycles. The van der Waals surface area contributed by atoms with Crippen LogP contribution in [0.15, 0.2) is 0 Å². The lowest BCUT2D eigenvalue weighted by molar-refractivity contribution is 0.112. The molecule has 0 aliphatic rings. The number of aromatic nitrogens is 2. The second-order valence-electron chi connectivity index (χ2n) is 1.61. The Balaban J connectivity index is 3.36. The van der Waals surface area contributed by atoms with E-state index in [2.05, 4.69) is 9.97 Å². The molecule has 0 fully saturated rings. The zero-order valence-electron chi connectivity index (χ0n) is 5.01. The van der Waals surface area contributed by atoms with Gasteiger partial charge in [0.15, 0.2) is 10.1 Å². The van der Waals surface area contributed by atoms with Crippen molar-refractivity contribution in [3.8, 4) is 0 Å². The lowest BCUT2D eigenvalue weighted by atomic mass is 10.4. The van der Waals surface area contributed by atoms with Crippen molar-refractivity contribution in [1.82, 2.24) is 9.97 Å². The van der Waals surface area contributed by atoms with Crippen LogP contribution >= 0.6 is 45.8 Å². The Labute approximate surface area is 86.3 Å². The minimum atomic E-state index is 0.0874. The van der Waals surface area contributed by atoms with Crippen LogP contribution in [0.25, 0.3) is 0 Å². The average Bonchev–Trinajstić information content (AvgIpc) is 1.85. The van der Waals surface area contributed by atoms with Crippen LogP contribution in [-0.2, 0) is 0 Å². The summed E-state index contributed by atoms with van der Waals surface area (Å²) in [5.41, 5.74) is 0.133. The summed E-state index contributed by atoms with van der Waals surface area (Å²) in [4.78, 5) is 17.8. The lowest BCUT2D eigenvalue weighted by Crippen LogP contribution is -1.95. The summed E-state index contributed by atoms with van der Waals surface area (Å²) in [6.07, 6.45) is 0.529. The number of carbonyl (C=O) groups excluding carboxylic acids is 1. The van der Waals surface area contributed by atoms with Gasteiger partial charge in [0.2, 0.25) is 0 Å². The molecule has 3 nitrogen and oxygen atoms in total. The van der Waals surface area contributed by atoms with E-state index in [0.29, 0.717) is 10.1 Å². The van der Waals surface area contributed by atoms with E-state index in [1.165, 1.54) is 0 Å². The first-order valence-electron chi connectivity index (χ1n) is 2.49. The predicted octanol–water partition coefficient (Wildman–Crippen LogP) is 2.20. The fraction of sp³-hybridized carbons (Fsp3) is 0. The topological polar surface area (TPSA) is 42.9 Å². The van der Waals surface area contributed by atoms with E-state index in [0.717, 1.165) is 0 Å². The minimum Gasteiger partial charge on any atom is -0.298 e. The number of nitrogens with zero attached hydrogens (tertiary/aromatic N) is 2. The van der Waals surface area contributed by atoms with Crippen molar-refractivity contribution in [2.24, 2.45) is 0 Å². The Hall–Kier alpha value is 0.0600. The standard InChI is InChI=1S/C5HCl2IN2O/c6-3-2(1-11)4(7)10-5(8)9-3/h1H. The van der Waals surface area contributed by atoms with Gasteiger partial charge in [0.05, 0.1) is 5.56 Å². The van der Waals surface area contributed by atoms with Gasteiger partial charge in [0.1, 0.15) is 10.3 Å². The monoisotopic (exact) mass is 302 g/mol. The van der Waals surface area contributed by atoms with E-state index in [4.69, 9.17) is 23.2 Å². The highest BCUT2D eigenvalue weighted by molar-refractivity contribution is 14.1. The maximum Gasteiger partial charge on any atom is 0.193 e. The van der Waals surface area contributed by atoms with Gasteiger partial charge in [-0.15, -0.1) is 0 Å². The third-order valence-electron chi connectivity index (χ3n) is 0.943. The van der Waals surface area contributed by atoms with Crippen molar-refractivity contribution >= 4 is 52.1 Å². The highest BCUT2D eigenvalue weighted by Gasteiger charge is 2.08. The van der Waals surface area contributed by atoms with E-state index >= 15 is 0 Å². The van der Waals surface area contributed by atoms with E-state index in [-0.39, 0.29) is 15.9 Å². The average molecular weight is 303 g/mol. The molecule has 0 saturated heterocycles. The zero-order valence-corrected chi connectivity index (χ0v) is 8.68. The summed E-state index contributed by atoms with van der Waals surface area (Å²) in [6, 6.07) is 0. The fourth-order valence-electron chi connectivity index (χ4n) is 0.490. The van der Waals surface area contributed by atoms with Crippen LogP contribution in [0, 0.1) is 3.83 Å². The molecule has 0 amide bonds. The molecule has 1 aromatic rings. The Morgan fingerprint density at radius 3 is 2.09 bits per heavy atom. The molecule has 0 aliphatic heterocycles. The molecular formula is C5HCl2IN2O. The van der Waals surface area contributed by atoms with Gasteiger partial charge in [-0.2, -0.15) is 0 Å². The SMILES string of the molecule is O=Cc1c(Cl)nc(I)nc1Cl. The van der Waals surface area contributed by atoms with E-state index in [1.807, 2.05) is 22.6 Å². The quantitative estimate of drug-likeness (QED) is 0.346. The number of aldehydes is 1. The van der Waals surface area contributed by atoms with Gasteiger partial charge in [-0.25, -0.2) is 9.97 Å². The molecule has 0 aliphatic carbocycles. The van der Waals surface area contributed by atoms with E-state index in [1.54, 1.807) is 0 Å². The van der Waals surface area contributed by atoms with Crippen LogP contribution in [0.1, 0.15) is 10.4 Å². The molecule has 0 aromatic carbocycles. The predicted molar refractivity (Wildman–Crippen MR) is 50.2 cm³/mol. The normalized spacial score (nSPS) is 9.73. The first-order chi connectivity index (χ1) is 5.15. The third-order valence-corrected chi connectivity index (χ3v) is 2.00. The number of halogens is 3. The van der Waals surface area contributed by atoms with Crippen LogP contribution < -0.4 is 0 Å². The molecule has 1 heterocycles. The van der Waals surface area contributed by atoms with Gasteiger partial charge in [-0.1, -0.05) is 23.2 Å². The molecule has 6 heteroatoms. The van der Waals surface area contributed by atoms with Crippen LogP contribution in [0.4, 0.5) is 0 Å². The summed E-state index contributed by atoms with van der Waals surface area (Å²) in [6.45, 7) is 0. The van der Waals surface area contributed by atoms with Gasteiger partial charge in [-0.3, -0.25) is 4.79 Å². The number of hydrogen-bond acceptors (Lipinski definition) is 3. The van der Waals surface area contributed by atoms with Gasteiger partial charge in [0, 0.05) is 22.6 Å². The van der Waals surface area contributed by atoms with E-state index in [9.17, 15) is 4.79 Å². The molecule has 1 aromatic heterocycles. The smallest absolute Gasteiger partial charge is 0.193 e. The summed E-state index contributed by atoms with van der Waals surface area (Å²) >= 11 is 13.0. The highest BCUT2D eigenvalue weighted by Crippen LogP contribution is 2.19. The Morgan fingerprint density at radius 2 is 1.73 bits per heavy atom. The maximum atomic E-state index is 10.3. The van der Waals surface area contributed by atoms with E-state index < -0.39 is 0 Å². The molecule has 1 rings (SSSR count). The molecule has 58 valence electrons. The number of carbonyl (C=O) groups is 1. The van der Waals surface area contributed by atoms with Crippen molar-refractivity contribution in [3.63, 3.8) is 0 Å². The number of rotatable bonds is 1. The zero-order chi connectivity index (χ0) is 8.43. The first-order valence-corrected chi connectivity index (χ1v) is 4.32. The number of hydrogen-bond donors (Lipinski definition) is 0. The van der Waals surface area contributed by atoms with Gasteiger partial charge >= 0.3 is 0 Å². The largest absolute Gasteiger partial charge is 0.298 e. The molecule has 11 heavy (non-hydrogen) atoms. The van der Waals surface area contributed by atoms with Crippen molar-refractivity contribution in [2.45, 2.75) is 0 Å². The fourth-order valence-corrected chi connectivity index (χ4v) is 1.73. The van der Waals surface area contributed by atoms with Crippen LogP contribution in [0.2, 0.25) is 10.3 Å². The molecule has 0 N–H and O–H groups in total. The molecule has 0 radical (unpaired) electrons. The summed E-state index contributed by atoms with van der Waals surface area (Å²) in [5.74, 6) is 0. The highest BCUT2D eigenvalue weighted by atomic mass is 127. The van der Waals surface area contributed by atoms with Crippen LogP contribution in [-0.4, -0.2) is 16.3 Å². The Bertz CT molecular complexity index is 282. The summed E-state index contributed by atoms with van der Waals surface area (Å²) < 4.78 is 0.420.